The Morgan fingerprint density at radius 3 is 2.40 bits per heavy atom. The number of fused-ring (bicyclic) bond motifs is 1. The number of carbonyl (C=O) groups excluding carboxylic acids is 1. The number of piperidine rings is 1. The van der Waals surface area contributed by atoms with Gasteiger partial charge in [-0.05, 0) is 38.3 Å². The summed E-state index contributed by atoms with van der Waals surface area (Å²) in [7, 11) is -3.64. The first-order valence-corrected chi connectivity index (χ1v) is 10.4. The molecule has 0 aromatic heterocycles. The van der Waals surface area contributed by atoms with Gasteiger partial charge in [0.2, 0.25) is 15.9 Å². The van der Waals surface area contributed by atoms with E-state index in [-0.39, 0.29) is 5.91 Å². The van der Waals surface area contributed by atoms with Gasteiger partial charge >= 0.3 is 0 Å². The van der Waals surface area contributed by atoms with E-state index in [0.717, 1.165) is 25.5 Å². The van der Waals surface area contributed by atoms with Crippen LogP contribution in [0.15, 0.2) is 18.2 Å². The number of sulfonamides is 1. The molecular weight excluding hydrogens is 344 g/mol. The molecule has 8 heteroatoms. The van der Waals surface area contributed by atoms with Gasteiger partial charge in [0.05, 0.1) is 11.9 Å². The quantitative estimate of drug-likeness (QED) is 0.807. The van der Waals surface area contributed by atoms with Crippen molar-refractivity contribution in [3.05, 3.63) is 18.2 Å². The van der Waals surface area contributed by atoms with Gasteiger partial charge < -0.3 is 14.4 Å². The van der Waals surface area contributed by atoms with Gasteiger partial charge in [-0.15, -0.1) is 0 Å². The Morgan fingerprint density at radius 1 is 1.12 bits per heavy atom. The Hall–Kier alpha value is -1.96. The molecular formula is C17H24N2O5S. The summed E-state index contributed by atoms with van der Waals surface area (Å²) in [5.74, 6) is 0.911. The van der Waals surface area contributed by atoms with E-state index in [0.29, 0.717) is 43.5 Å². The second kappa shape index (κ2) is 7.11. The number of amides is 1. The number of likely N-dealkylation sites (tertiary alicyclic amines) is 1. The van der Waals surface area contributed by atoms with Crippen molar-refractivity contribution in [2.75, 3.05) is 36.9 Å². The van der Waals surface area contributed by atoms with Crippen LogP contribution >= 0.6 is 0 Å². The average Bonchev–Trinajstić information content (AvgIpc) is 2.60. The lowest BCUT2D eigenvalue weighted by molar-refractivity contribution is -0.132. The molecule has 0 aliphatic carbocycles. The van der Waals surface area contributed by atoms with Gasteiger partial charge in [0, 0.05) is 19.2 Å². The van der Waals surface area contributed by atoms with Crippen LogP contribution < -0.4 is 13.8 Å². The van der Waals surface area contributed by atoms with Crippen molar-refractivity contribution in [1.29, 1.82) is 0 Å². The molecule has 1 fully saturated rings. The Bertz CT molecular complexity index is 743. The van der Waals surface area contributed by atoms with Crippen LogP contribution in [0.2, 0.25) is 0 Å². The third kappa shape index (κ3) is 3.84. The van der Waals surface area contributed by atoms with Crippen LogP contribution in [0, 0.1) is 0 Å². The highest BCUT2D eigenvalue weighted by Gasteiger charge is 2.33. The maximum atomic E-state index is 12.8. The number of carbonyl (C=O) groups is 1. The van der Waals surface area contributed by atoms with Crippen molar-refractivity contribution in [3.8, 4) is 11.5 Å². The summed E-state index contributed by atoms with van der Waals surface area (Å²) in [6, 6.07) is 4.14. The van der Waals surface area contributed by atoms with Crippen molar-refractivity contribution in [1.82, 2.24) is 4.90 Å². The topological polar surface area (TPSA) is 76.2 Å². The number of hydrogen-bond donors (Lipinski definition) is 0. The summed E-state index contributed by atoms with van der Waals surface area (Å²) in [5.41, 5.74) is 0.407. The number of nitrogens with zero attached hydrogens (tertiary/aromatic N) is 2. The fourth-order valence-electron chi connectivity index (χ4n) is 3.35. The van der Waals surface area contributed by atoms with Gasteiger partial charge in [-0.1, -0.05) is 0 Å². The summed E-state index contributed by atoms with van der Waals surface area (Å²) >= 11 is 0. The van der Waals surface area contributed by atoms with Gasteiger partial charge in [0.15, 0.2) is 11.5 Å². The third-order valence-corrected chi connectivity index (χ3v) is 5.76. The number of hydrogen-bond acceptors (Lipinski definition) is 5. The van der Waals surface area contributed by atoms with Crippen molar-refractivity contribution < 1.29 is 22.7 Å². The van der Waals surface area contributed by atoms with Gasteiger partial charge in [-0.3, -0.25) is 9.10 Å². The second-order valence-corrected chi connectivity index (χ2v) is 8.31. The predicted molar refractivity (Wildman–Crippen MR) is 94.6 cm³/mol. The minimum Gasteiger partial charge on any atom is -0.486 e. The standard InChI is InChI=1S/C17H24N2O5S/c1-13(17(20)18-8-4-3-5-9-18)19(25(2,21)22)14-6-7-15-16(12-14)24-11-10-23-15/h6-7,12-13H,3-5,8-11H2,1-2H3/t13-/m1/s1. The lowest BCUT2D eigenvalue weighted by atomic mass is 10.1. The molecule has 7 nitrogen and oxygen atoms in total. The average molecular weight is 368 g/mol. The maximum Gasteiger partial charge on any atom is 0.246 e. The highest BCUT2D eigenvalue weighted by atomic mass is 32.2. The Kier molecular flexibility index (Phi) is 5.08. The number of rotatable bonds is 4. The van der Waals surface area contributed by atoms with Crippen LogP contribution in [0.1, 0.15) is 26.2 Å². The molecule has 0 spiro atoms. The van der Waals surface area contributed by atoms with E-state index in [1.165, 1.54) is 4.31 Å². The lowest BCUT2D eigenvalue weighted by Gasteiger charge is -2.34. The summed E-state index contributed by atoms with van der Waals surface area (Å²) in [6.45, 7) is 3.88. The first-order chi connectivity index (χ1) is 11.9. The number of anilines is 1. The minimum absolute atomic E-state index is 0.167. The van der Waals surface area contributed by atoms with Crippen LogP contribution in [0.5, 0.6) is 11.5 Å². The maximum absolute atomic E-state index is 12.8. The van der Waals surface area contributed by atoms with E-state index in [2.05, 4.69) is 0 Å². The molecule has 0 N–H and O–H groups in total. The molecule has 1 aromatic carbocycles. The fraction of sp³-hybridized carbons (Fsp3) is 0.588. The first-order valence-electron chi connectivity index (χ1n) is 8.56. The molecule has 0 bridgehead atoms. The Labute approximate surface area is 148 Å². The van der Waals surface area contributed by atoms with Crippen molar-refractivity contribution >= 4 is 21.6 Å². The summed E-state index contributed by atoms with van der Waals surface area (Å²) < 4.78 is 37.0. The van der Waals surface area contributed by atoms with E-state index >= 15 is 0 Å². The van der Waals surface area contributed by atoms with E-state index in [9.17, 15) is 13.2 Å². The molecule has 25 heavy (non-hydrogen) atoms. The zero-order valence-corrected chi connectivity index (χ0v) is 15.4. The Balaban J connectivity index is 1.91. The number of ether oxygens (including phenoxy) is 2. The third-order valence-electron chi connectivity index (χ3n) is 4.51. The second-order valence-electron chi connectivity index (χ2n) is 6.45. The van der Waals surface area contributed by atoms with E-state index in [4.69, 9.17) is 9.47 Å². The van der Waals surface area contributed by atoms with Gasteiger partial charge in [0.25, 0.3) is 0 Å². The molecule has 0 saturated carbocycles. The van der Waals surface area contributed by atoms with E-state index in [1.54, 1.807) is 30.0 Å². The van der Waals surface area contributed by atoms with Gasteiger partial charge in [-0.2, -0.15) is 0 Å². The normalized spacial score (nSPS) is 18.6. The lowest BCUT2D eigenvalue weighted by Crippen LogP contribution is -2.50. The van der Waals surface area contributed by atoms with Crippen molar-refractivity contribution in [2.45, 2.75) is 32.2 Å². The first kappa shape index (κ1) is 17.8. The molecule has 1 amide bonds. The molecule has 2 aliphatic rings. The molecule has 138 valence electrons. The fourth-order valence-corrected chi connectivity index (χ4v) is 4.51. The summed E-state index contributed by atoms with van der Waals surface area (Å²) in [5, 5.41) is 0. The van der Waals surface area contributed by atoms with Crippen LogP contribution in [0.25, 0.3) is 0 Å². The molecule has 1 saturated heterocycles. The van der Waals surface area contributed by atoms with Crippen LogP contribution in [0.4, 0.5) is 5.69 Å². The monoisotopic (exact) mass is 368 g/mol. The Morgan fingerprint density at radius 2 is 1.76 bits per heavy atom. The zero-order valence-electron chi connectivity index (χ0n) is 14.6. The highest BCUT2D eigenvalue weighted by molar-refractivity contribution is 7.92. The molecule has 0 radical (unpaired) electrons. The van der Waals surface area contributed by atoms with Crippen LogP contribution in [-0.4, -0.2) is 57.8 Å². The van der Waals surface area contributed by atoms with Gasteiger partial charge in [0.1, 0.15) is 19.3 Å². The smallest absolute Gasteiger partial charge is 0.246 e. The van der Waals surface area contributed by atoms with E-state index in [1.807, 2.05) is 0 Å². The van der Waals surface area contributed by atoms with E-state index < -0.39 is 16.1 Å². The molecule has 1 aromatic rings. The molecule has 2 heterocycles. The van der Waals surface area contributed by atoms with Crippen molar-refractivity contribution in [3.63, 3.8) is 0 Å². The largest absolute Gasteiger partial charge is 0.486 e. The summed E-state index contributed by atoms with van der Waals surface area (Å²) in [4.78, 5) is 14.6. The predicted octanol–water partition coefficient (Wildman–Crippen LogP) is 1.62. The summed E-state index contributed by atoms with van der Waals surface area (Å²) in [6.07, 6.45) is 4.14. The van der Waals surface area contributed by atoms with Crippen LogP contribution in [-0.2, 0) is 14.8 Å². The molecule has 2 aliphatic heterocycles. The molecule has 1 atom stereocenters. The number of benzene rings is 1. The SMILES string of the molecule is C[C@H](C(=O)N1CCCCC1)N(c1ccc2c(c1)OCCO2)S(C)(=O)=O. The minimum atomic E-state index is -3.64. The van der Waals surface area contributed by atoms with Crippen LogP contribution in [0.3, 0.4) is 0 Å². The van der Waals surface area contributed by atoms with Crippen molar-refractivity contribution in [2.24, 2.45) is 0 Å². The highest BCUT2D eigenvalue weighted by Crippen LogP contribution is 2.35. The zero-order chi connectivity index (χ0) is 18.0. The van der Waals surface area contributed by atoms with Gasteiger partial charge in [-0.25, -0.2) is 8.42 Å². The molecule has 0 unspecified atom stereocenters. The molecule has 3 rings (SSSR count).